The van der Waals surface area contributed by atoms with E-state index in [1.807, 2.05) is 60.7 Å². The average Bonchev–Trinajstić information content (AvgIpc) is 3.70. The standard InChI is InChI=1S/2C27H24O.2CH3.Ti/c2*1-3-27(4-2)24-12-8-7-11-22(24)23-16-14-19(17-25(23)27)21-15-13-18-9-5-6-10-20(18)26(21)28;;;/h2*5-17,28H,3-4H2,1-2H3;2*1H3;/q;;2*-1;+2. The van der Waals surface area contributed by atoms with E-state index in [2.05, 4.69) is 125 Å². The summed E-state index contributed by atoms with van der Waals surface area (Å²) in [6, 6.07) is 55.3. The Morgan fingerprint density at radius 1 is 0.356 bits per heavy atom. The van der Waals surface area contributed by atoms with Gasteiger partial charge in [-0.3, -0.25) is 0 Å². The Balaban J connectivity index is 0.000000189. The number of benzene rings is 8. The van der Waals surface area contributed by atoms with E-state index in [-0.39, 0.29) is 47.4 Å². The molecule has 10 rings (SSSR count). The van der Waals surface area contributed by atoms with Crippen molar-refractivity contribution in [3.8, 4) is 56.0 Å². The van der Waals surface area contributed by atoms with Gasteiger partial charge in [-0.25, -0.2) is 0 Å². The van der Waals surface area contributed by atoms with E-state index in [9.17, 15) is 10.2 Å². The summed E-state index contributed by atoms with van der Waals surface area (Å²) in [6.07, 6.45) is 4.28. The molecule has 8 aromatic rings. The summed E-state index contributed by atoms with van der Waals surface area (Å²) in [5.41, 5.74) is 15.1. The SMILES string of the molecule is CCC1(CC)c2ccccc2-c2ccc(-c3ccc4ccccc4c3O)cc21.CCC1(CC)c2ccccc2-c2ccc(-c3ccc4ccccc4c3O)cc21.[CH3-].[CH3-].[Ti+2]. The second kappa shape index (κ2) is 17.1. The molecule has 0 amide bonds. The van der Waals surface area contributed by atoms with Gasteiger partial charge in [-0.15, -0.1) is 0 Å². The van der Waals surface area contributed by atoms with Crippen LogP contribution in [0.15, 0.2) is 158 Å². The zero-order valence-corrected chi connectivity index (χ0v) is 36.8. The topological polar surface area (TPSA) is 40.5 Å². The first-order chi connectivity index (χ1) is 27.4. The smallest absolute Gasteiger partial charge is 0.507 e. The van der Waals surface area contributed by atoms with Crippen LogP contribution in [0.1, 0.15) is 75.6 Å². The molecule has 2 aliphatic carbocycles. The summed E-state index contributed by atoms with van der Waals surface area (Å²) in [4.78, 5) is 0. The Hall–Kier alpha value is -5.41. The van der Waals surface area contributed by atoms with Crippen LogP contribution in [-0.4, -0.2) is 10.2 Å². The van der Waals surface area contributed by atoms with E-state index >= 15 is 0 Å². The number of phenols is 2. The van der Waals surface area contributed by atoms with Crippen LogP contribution in [0.2, 0.25) is 0 Å². The number of rotatable bonds is 6. The largest absolute Gasteiger partial charge is 2.00 e. The molecule has 0 saturated carbocycles. The van der Waals surface area contributed by atoms with Gasteiger partial charge in [0.2, 0.25) is 0 Å². The Kier molecular flexibility index (Phi) is 12.5. The zero-order chi connectivity index (χ0) is 38.6. The van der Waals surface area contributed by atoms with Crippen LogP contribution in [-0.2, 0) is 32.5 Å². The zero-order valence-electron chi connectivity index (χ0n) is 35.2. The number of fused-ring (bicyclic) bond motifs is 8. The van der Waals surface area contributed by atoms with Crippen molar-refractivity contribution in [1.29, 1.82) is 0 Å². The maximum absolute atomic E-state index is 11.0. The summed E-state index contributed by atoms with van der Waals surface area (Å²) in [7, 11) is 0. The van der Waals surface area contributed by atoms with Crippen LogP contribution in [0.4, 0.5) is 0 Å². The molecule has 0 unspecified atom stereocenters. The molecular weight excluding hydrogens is 752 g/mol. The van der Waals surface area contributed by atoms with Crippen LogP contribution >= 0.6 is 0 Å². The van der Waals surface area contributed by atoms with Gasteiger partial charge in [0.25, 0.3) is 0 Å². The molecular formula is C56H54O2Ti. The molecule has 0 fully saturated rings. The molecule has 0 saturated heterocycles. The minimum atomic E-state index is 0. The number of hydrogen-bond acceptors (Lipinski definition) is 2. The van der Waals surface area contributed by atoms with Crippen molar-refractivity contribution in [2.75, 3.05) is 0 Å². The molecule has 0 aromatic heterocycles. The molecule has 3 heteroatoms. The first-order valence-corrected chi connectivity index (χ1v) is 20.3. The summed E-state index contributed by atoms with van der Waals surface area (Å²) < 4.78 is 0. The van der Waals surface area contributed by atoms with Crippen LogP contribution in [0.25, 0.3) is 66.1 Å². The Morgan fingerprint density at radius 2 is 0.678 bits per heavy atom. The van der Waals surface area contributed by atoms with E-state index in [0.29, 0.717) is 11.5 Å². The average molecular weight is 807 g/mol. The van der Waals surface area contributed by atoms with Gasteiger partial charge in [-0.05, 0) is 104 Å². The summed E-state index contributed by atoms with van der Waals surface area (Å²) >= 11 is 0. The maximum atomic E-state index is 11.0. The molecule has 0 heterocycles. The molecule has 2 nitrogen and oxygen atoms in total. The first kappa shape index (κ1) is 43.2. The predicted molar refractivity (Wildman–Crippen MR) is 249 cm³/mol. The fraction of sp³-hybridized carbons (Fsp3) is 0.179. The molecule has 0 radical (unpaired) electrons. The summed E-state index contributed by atoms with van der Waals surface area (Å²) in [5, 5.41) is 25.9. The summed E-state index contributed by atoms with van der Waals surface area (Å²) in [5.74, 6) is 0.735. The molecule has 0 bridgehead atoms. The molecule has 2 aliphatic rings. The minimum absolute atomic E-state index is 0. The van der Waals surface area contributed by atoms with Crippen molar-refractivity contribution in [1.82, 2.24) is 0 Å². The Bertz CT molecular complexity index is 2600. The van der Waals surface area contributed by atoms with Crippen LogP contribution < -0.4 is 0 Å². The third-order valence-corrected chi connectivity index (χ3v) is 13.4. The van der Waals surface area contributed by atoms with Crippen LogP contribution in [0, 0.1) is 14.9 Å². The predicted octanol–water partition coefficient (Wildman–Crippen LogP) is 15.5. The fourth-order valence-electron chi connectivity index (χ4n) is 10.2. The summed E-state index contributed by atoms with van der Waals surface area (Å²) in [6.45, 7) is 9.15. The Morgan fingerprint density at radius 3 is 1.07 bits per heavy atom. The molecule has 0 spiro atoms. The normalized spacial score (nSPS) is 13.4. The van der Waals surface area contributed by atoms with E-state index in [1.54, 1.807) is 0 Å². The van der Waals surface area contributed by atoms with E-state index < -0.39 is 0 Å². The first-order valence-electron chi connectivity index (χ1n) is 20.3. The minimum Gasteiger partial charge on any atom is -0.507 e. The second-order valence-electron chi connectivity index (χ2n) is 15.6. The van der Waals surface area contributed by atoms with E-state index in [1.165, 1.54) is 44.5 Å². The van der Waals surface area contributed by atoms with E-state index in [0.717, 1.165) is 69.5 Å². The molecule has 8 aromatic carbocycles. The van der Waals surface area contributed by atoms with Crippen molar-refractivity contribution in [3.63, 3.8) is 0 Å². The van der Waals surface area contributed by atoms with Gasteiger partial charge in [0, 0.05) is 32.7 Å². The third-order valence-electron chi connectivity index (χ3n) is 13.4. The maximum Gasteiger partial charge on any atom is 2.00 e. The van der Waals surface area contributed by atoms with Crippen LogP contribution in [0.3, 0.4) is 0 Å². The van der Waals surface area contributed by atoms with Crippen molar-refractivity contribution in [2.45, 2.75) is 64.2 Å². The second-order valence-corrected chi connectivity index (χ2v) is 15.6. The Labute approximate surface area is 366 Å². The molecule has 0 atom stereocenters. The van der Waals surface area contributed by atoms with Gasteiger partial charge < -0.3 is 25.1 Å². The van der Waals surface area contributed by atoms with E-state index in [4.69, 9.17) is 0 Å². The van der Waals surface area contributed by atoms with Crippen molar-refractivity contribution < 1.29 is 31.9 Å². The number of aromatic hydroxyl groups is 2. The van der Waals surface area contributed by atoms with Gasteiger partial charge in [0.05, 0.1) is 0 Å². The molecule has 294 valence electrons. The van der Waals surface area contributed by atoms with Gasteiger partial charge in [-0.2, -0.15) is 0 Å². The van der Waals surface area contributed by atoms with Gasteiger partial charge in [0.1, 0.15) is 11.5 Å². The van der Waals surface area contributed by atoms with Gasteiger partial charge >= 0.3 is 21.7 Å². The molecule has 2 N–H and O–H groups in total. The van der Waals surface area contributed by atoms with Crippen LogP contribution in [0.5, 0.6) is 11.5 Å². The van der Waals surface area contributed by atoms with Crippen molar-refractivity contribution >= 4 is 21.5 Å². The van der Waals surface area contributed by atoms with Crippen molar-refractivity contribution in [3.05, 3.63) is 195 Å². The number of phenolic OH excluding ortho intramolecular Hbond substituents is 2. The number of hydrogen-bond donors (Lipinski definition) is 2. The fourth-order valence-corrected chi connectivity index (χ4v) is 10.2. The van der Waals surface area contributed by atoms with Gasteiger partial charge in [0.15, 0.2) is 0 Å². The van der Waals surface area contributed by atoms with Crippen molar-refractivity contribution in [2.24, 2.45) is 0 Å². The third kappa shape index (κ3) is 6.62. The van der Waals surface area contributed by atoms with Gasteiger partial charge in [-0.1, -0.05) is 173 Å². The molecule has 0 aliphatic heterocycles. The monoisotopic (exact) mass is 806 g/mol. The molecule has 59 heavy (non-hydrogen) atoms. The quantitative estimate of drug-likeness (QED) is 0.130.